The fraction of sp³-hybridized carbons (Fsp3) is 0.143. The number of carboxylic acid groups (broad SMARTS) is 1. The number of halogens is 4. The van der Waals surface area contributed by atoms with Crippen LogP contribution in [0.4, 0.5) is 19.3 Å². The molecule has 3 N–H and O–H groups in total. The molecule has 0 amide bonds. The maximum atomic E-state index is 13.0. The van der Waals surface area contributed by atoms with Gasteiger partial charge in [0, 0.05) is 5.56 Å². The fourth-order valence-corrected chi connectivity index (χ4v) is 2.44. The zero-order valence-corrected chi connectivity index (χ0v) is 13.5. The number of methoxy groups -OCH3 is 1. The summed E-state index contributed by atoms with van der Waals surface area (Å²) in [5.74, 6) is -0.674. The third-order valence-corrected chi connectivity index (χ3v) is 3.74. The van der Waals surface area contributed by atoms with Gasteiger partial charge < -0.3 is 20.3 Å². The summed E-state index contributed by atoms with van der Waals surface area (Å²) < 4.78 is 35.3. The monoisotopic (exact) mass is 378 g/mol. The summed E-state index contributed by atoms with van der Waals surface area (Å²) in [4.78, 5) is 14.6. The summed E-state index contributed by atoms with van der Waals surface area (Å²) in [6, 6.07) is 3.71. The molecule has 0 atom stereocenters. The summed E-state index contributed by atoms with van der Waals surface area (Å²) in [7, 11) is 1.19. The van der Waals surface area contributed by atoms with Crippen molar-refractivity contribution < 1.29 is 28.2 Å². The highest BCUT2D eigenvalue weighted by molar-refractivity contribution is 6.35. The van der Waals surface area contributed by atoms with Gasteiger partial charge >= 0.3 is 6.16 Å². The Morgan fingerprint density at radius 3 is 2.54 bits per heavy atom. The number of benzene rings is 1. The summed E-state index contributed by atoms with van der Waals surface area (Å²) >= 11 is 11.9. The van der Waals surface area contributed by atoms with Gasteiger partial charge in [0.1, 0.15) is 10.8 Å². The van der Waals surface area contributed by atoms with E-state index in [4.69, 9.17) is 38.8 Å². The van der Waals surface area contributed by atoms with Crippen molar-refractivity contribution in [3.05, 3.63) is 33.8 Å². The van der Waals surface area contributed by atoms with Crippen LogP contribution in [0.5, 0.6) is 11.6 Å². The lowest BCUT2D eigenvalue weighted by atomic mass is 10.1. The molecule has 0 aliphatic rings. The van der Waals surface area contributed by atoms with E-state index in [0.717, 1.165) is 6.07 Å². The van der Waals surface area contributed by atoms with Crippen LogP contribution in [0.1, 0.15) is 12.0 Å². The van der Waals surface area contributed by atoms with Crippen LogP contribution in [0.25, 0.3) is 11.3 Å². The van der Waals surface area contributed by atoms with E-state index in [2.05, 4.69) is 9.72 Å². The second-order valence-corrected chi connectivity index (χ2v) is 5.19. The summed E-state index contributed by atoms with van der Waals surface area (Å²) in [5.41, 5.74) is 5.55. The number of aromatic nitrogens is 1. The molecule has 0 saturated heterocycles. The third-order valence-electron chi connectivity index (χ3n) is 2.98. The lowest BCUT2D eigenvalue weighted by molar-refractivity contribution is 0.142. The number of rotatable bonds is 4. The average Bonchev–Trinajstić information content (AvgIpc) is 2.50. The highest BCUT2D eigenvalue weighted by Crippen LogP contribution is 2.42. The molecular formula is C14H10Cl2F2N2O4. The molecule has 128 valence electrons. The summed E-state index contributed by atoms with van der Waals surface area (Å²) in [6.07, 6.45) is -4.43. The quantitative estimate of drug-likeness (QED) is 0.752. The number of nitrogens with zero attached hydrogens (tertiary/aromatic N) is 1. The molecule has 24 heavy (non-hydrogen) atoms. The van der Waals surface area contributed by atoms with Gasteiger partial charge in [-0.15, -0.1) is 0 Å². The molecule has 0 bridgehead atoms. The van der Waals surface area contributed by atoms with E-state index in [1.807, 2.05) is 0 Å². The van der Waals surface area contributed by atoms with Crippen molar-refractivity contribution >= 4 is 35.0 Å². The molecule has 1 heterocycles. The van der Waals surface area contributed by atoms with Crippen LogP contribution >= 0.6 is 23.2 Å². The Morgan fingerprint density at radius 2 is 2.00 bits per heavy atom. The Hall–Kier alpha value is -2.32. The lowest BCUT2D eigenvalue weighted by Gasteiger charge is -2.14. The normalized spacial score (nSPS) is 10.8. The molecule has 1 aromatic carbocycles. The van der Waals surface area contributed by atoms with Gasteiger partial charge in [0.2, 0.25) is 5.88 Å². The molecule has 0 fully saturated rings. The van der Waals surface area contributed by atoms with Crippen LogP contribution in [0.2, 0.25) is 10.0 Å². The van der Waals surface area contributed by atoms with Crippen molar-refractivity contribution in [3.8, 4) is 22.9 Å². The lowest BCUT2D eigenvalue weighted by Crippen LogP contribution is -2.07. The van der Waals surface area contributed by atoms with E-state index in [-0.39, 0.29) is 32.7 Å². The molecule has 0 radical (unpaired) electrons. The third kappa shape index (κ3) is 3.44. The largest absolute Gasteiger partial charge is 0.512 e. The van der Waals surface area contributed by atoms with Crippen molar-refractivity contribution in [3.63, 3.8) is 0 Å². The van der Waals surface area contributed by atoms with E-state index in [9.17, 15) is 13.6 Å². The van der Waals surface area contributed by atoms with Crippen molar-refractivity contribution in [2.45, 2.75) is 6.43 Å². The number of carbonyl (C=O) groups is 1. The van der Waals surface area contributed by atoms with Crippen LogP contribution < -0.4 is 15.2 Å². The molecule has 10 heteroatoms. The van der Waals surface area contributed by atoms with E-state index < -0.39 is 24.0 Å². The van der Waals surface area contributed by atoms with Gasteiger partial charge in [0.15, 0.2) is 0 Å². The van der Waals surface area contributed by atoms with Crippen LogP contribution in [0.15, 0.2) is 18.2 Å². The van der Waals surface area contributed by atoms with E-state index in [1.165, 1.54) is 19.2 Å². The first-order chi connectivity index (χ1) is 11.3. The highest BCUT2D eigenvalue weighted by Gasteiger charge is 2.22. The van der Waals surface area contributed by atoms with Crippen molar-refractivity contribution in [2.24, 2.45) is 0 Å². The van der Waals surface area contributed by atoms with Gasteiger partial charge in [0.25, 0.3) is 6.43 Å². The van der Waals surface area contributed by atoms with Gasteiger partial charge in [-0.25, -0.2) is 18.6 Å². The number of ether oxygens (including phenoxy) is 2. The Labute approximate surface area is 144 Å². The SMILES string of the molecule is COc1c(C(F)F)ccc(-c2cc(N)c(Cl)c(OC(=O)O)n2)c1Cl. The number of anilines is 1. The smallest absolute Gasteiger partial charge is 0.495 e. The first kappa shape index (κ1) is 18.0. The van der Waals surface area contributed by atoms with Crippen LogP contribution in [-0.4, -0.2) is 23.4 Å². The Balaban J connectivity index is 2.64. The maximum Gasteiger partial charge on any atom is 0.512 e. The minimum atomic E-state index is -2.79. The molecule has 2 rings (SSSR count). The number of alkyl halides is 2. The van der Waals surface area contributed by atoms with Crippen molar-refractivity contribution in [1.29, 1.82) is 0 Å². The number of hydrogen-bond donors (Lipinski definition) is 2. The zero-order chi connectivity index (χ0) is 18.0. The molecule has 1 aromatic heterocycles. The van der Waals surface area contributed by atoms with Crippen LogP contribution in [0, 0.1) is 0 Å². The predicted molar refractivity (Wildman–Crippen MR) is 84.3 cm³/mol. The molecule has 6 nitrogen and oxygen atoms in total. The molecular weight excluding hydrogens is 369 g/mol. The topological polar surface area (TPSA) is 94.7 Å². The van der Waals surface area contributed by atoms with Crippen molar-refractivity contribution in [1.82, 2.24) is 4.98 Å². The molecule has 2 aromatic rings. The van der Waals surface area contributed by atoms with E-state index in [0.29, 0.717) is 0 Å². The summed E-state index contributed by atoms with van der Waals surface area (Å²) in [5, 5.41) is 8.35. The number of hydrogen-bond acceptors (Lipinski definition) is 5. The van der Waals surface area contributed by atoms with Crippen LogP contribution in [-0.2, 0) is 0 Å². The van der Waals surface area contributed by atoms with Crippen LogP contribution in [0.3, 0.4) is 0 Å². The number of pyridine rings is 1. The first-order valence-electron chi connectivity index (χ1n) is 6.28. The maximum absolute atomic E-state index is 13.0. The van der Waals surface area contributed by atoms with Gasteiger partial charge in [-0.3, -0.25) is 0 Å². The Bertz CT molecular complexity index is 803. The Morgan fingerprint density at radius 1 is 1.33 bits per heavy atom. The molecule has 0 saturated carbocycles. The van der Waals surface area contributed by atoms with Gasteiger partial charge in [-0.05, 0) is 12.1 Å². The highest BCUT2D eigenvalue weighted by atomic mass is 35.5. The molecule has 0 unspecified atom stereocenters. The molecule has 0 aliphatic heterocycles. The molecule has 0 spiro atoms. The van der Waals surface area contributed by atoms with Gasteiger partial charge in [0.05, 0.1) is 29.1 Å². The predicted octanol–water partition coefficient (Wildman–Crippen LogP) is 4.64. The zero-order valence-electron chi connectivity index (χ0n) is 12.0. The number of nitrogens with two attached hydrogens (primary N) is 1. The second-order valence-electron chi connectivity index (χ2n) is 4.43. The minimum Gasteiger partial charge on any atom is -0.495 e. The number of nitrogen functional groups attached to an aromatic ring is 1. The fourth-order valence-electron chi connectivity index (χ4n) is 1.96. The summed E-state index contributed by atoms with van der Waals surface area (Å²) in [6.45, 7) is 0. The molecule has 0 aliphatic carbocycles. The van der Waals surface area contributed by atoms with E-state index >= 15 is 0 Å². The average molecular weight is 379 g/mol. The first-order valence-corrected chi connectivity index (χ1v) is 7.03. The Kier molecular flexibility index (Phi) is 5.30. The second kappa shape index (κ2) is 7.06. The van der Waals surface area contributed by atoms with Gasteiger partial charge in [-0.1, -0.05) is 29.3 Å². The minimum absolute atomic E-state index is 0.0223. The van der Waals surface area contributed by atoms with Gasteiger partial charge in [-0.2, -0.15) is 0 Å². The van der Waals surface area contributed by atoms with E-state index in [1.54, 1.807) is 0 Å². The standard InChI is InChI=1S/C14H10Cl2F2N2O4/c1-23-11-6(12(17)18)3-2-5(9(11)15)8-4-7(19)10(16)13(20-8)24-14(21)22/h2-4,12H,1H3,(H2,19,20)(H,21,22). The van der Waals surface area contributed by atoms with Crippen molar-refractivity contribution in [2.75, 3.05) is 12.8 Å².